The molecule has 0 aromatic heterocycles. The van der Waals surface area contributed by atoms with Gasteiger partial charge in [-0.3, -0.25) is 4.55 Å². The largest absolute Gasteiger partial charge is 0.323 e. The quantitative estimate of drug-likeness (QED) is 0.571. The van der Waals surface area contributed by atoms with Crippen molar-refractivity contribution in [1.29, 1.82) is 0 Å². The summed E-state index contributed by atoms with van der Waals surface area (Å²) in [6.45, 7) is 10.9. The fourth-order valence-corrected chi connectivity index (χ4v) is 2.69. The average Bonchev–Trinajstić information content (AvgIpc) is 1.78. The molecule has 3 nitrogen and oxygen atoms in total. The van der Waals surface area contributed by atoms with E-state index in [0.717, 1.165) is 19.4 Å². The van der Waals surface area contributed by atoms with Crippen LogP contribution in [0.1, 0.15) is 47.5 Å². The molecule has 0 aliphatic rings. The monoisotopic (exact) mass is 219 g/mol. The van der Waals surface area contributed by atoms with Crippen LogP contribution in [-0.2, 0) is 9.97 Å². The molecule has 0 atom stereocenters. The third-order valence-electron chi connectivity index (χ3n) is 2.36. The third-order valence-corrected chi connectivity index (χ3v) is 3.30. The highest BCUT2D eigenvalue weighted by Crippen LogP contribution is 2.40. The minimum atomic E-state index is -3.99. The molecule has 0 spiro atoms. The van der Waals surface area contributed by atoms with Gasteiger partial charge in [-0.2, -0.15) is 0 Å². The summed E-state index contributed by atoms with van der Waals surface area (Å²) >= 11 is 0. The molecule has 0 fully saturated rings. The average molecular weight is 219 g/mol. The molecule has 14 heavy (non-hydrogen) atoms. The van der Waals surface area contributed by atoms with Crippen LogP contribution in [0.4, 0.5) is 0 Å². The molecule has 0 heterocycles. The Hall–Kier alpha value is -0.0251. The van der Waals surface area contributed by atoms with Gasteiger partial charge in [0, 0.05) is 0 Å². The van der Waals surface area contributed by atoms with Crippen molar-refractivity contribution < 1.29 is 13.0 Å². The van der Waals surface area contributed by atoms with Gasteiger partial charge in [-0.25, -0.2) is 8.42 Å². The zero-order chi connectivity index (χ0) is 11.6. The summed E-state index contributed by atoms with van der Waals surface area (Å²) in [6.07, 6.45) is 1.71. The first kappa shape index (κ1) is 14.0. The molecule has 0 saturated heterocycles. The van der Waals surface area contributed by atoms with Crippen LogP contribution in [0, 0.1) is 5.41 Å². The fourth-order valence-electron chi connectivity index (χ4n) is 1.80. The smallest absolute Gasteiger partial charge is 0.295 e. The molecule has 0 saturated carbocycles. The van der Waals surface area contributed by atoms with Crippen molar-refractivity contribution in [3.63, 3.8) is 0 Å². The zero-order valence-corrected chi connectivity index (χ0v) is 10.5. The van der Waals surface area contributed by atoms with Crippen molar-refractivity contribution in [2.24, 2.45) is 5.41 Å². The van der Waals surface area contributed by atoms with Crippen molar-refractivity contribution in [3.05, 3.63) is 0 Å². The fraction of sp³-hybridized carbons (Fsp3) is 1.00. The van der Waals surface area contributed by atoms with Gasteiger partial charge in [0.2, 0.25) is 9.97 Å². The Bertz CT molecular complexity index is 280. The number of rotatable bonds is 5. The van der Waals surface area contributed by atoms with Crippen LogP contribution in [-0.4, -0.2) is 19.5 Å². The van der Waals surface area contributed by atoms with Crippen LogP contribution >= 0.6 is 0 Å². The number of hydrogen-bond acceptors (Lipinski definition) is 2. The highest BCUT2D eigenvalue weighted by Gasteiger charge is 2.33. The molecule has 0 aliphatic carbocycles. The molecule has 5 heteroatoms. The maximum atomic E-state index is 10.7. The highest BCUT2D eigenvalue weighted by molar-refractivity contribution is 8.11. The standard InChI is InChI=1S/C9H20BO3S/c1-6-8(2,3)7-9(4,5)10-14(11,12)13/h6-7H2,1-5H3,(H,11,12,13). The van der Waals surface area contributed by atoms with Crippen molar-refractivity contribution >= 4 is 16.5 Å². The van der Waals surface area contributed by atoms with Gasteiger partial charge < -0.3 is 0 Å². The van der Waals surface area contributed by atoms with Gasteiger partial charge in [-0.1, -0.05) is 41.0 Å². The summed E-state index contributed by atoms with van der Waals surface area (Å²) in [6, 6.07) is 0. The Morgan fingerprint density at radius 3 is 1.93 bits per heavy atom. The molecule has 0 amide bonds. The Balaban J connectivity index is 4.50. The van der Waals surface area contributed by atoms with Gasteiger partial charge in [0.05, 0.1) is 0 Å². The Labute approximate surface area is 88.2 Å². The summed E-state index contributed by atoms with van der Waals surface area (Å²) in [5.74, 6) is 0. The maximum Gasteiger partial charge on any atom is 0.323 e. The van der Waals surface area contributed by atoms with Crippen LogP contribution in [0.3, 0.4) is 0 Å². The summed E-state index contributed by atoms with van der Waals surface area (Å²) < 4.78 is 30.2. The Morgan fingerprint density at radius 2 is 1.64 bits per heavy atom. The van der Waals surface area contributed by atoms with Crippen LogP contribution in [0.2, 0.25) is 5.31 Å². The van der Waals surface area contributed by atoms with Crippen molar-refractivity contribution in [3.8, 4) is 0 Å². The normalized spacial score (nSPS) is 14.1. The minimum absolute atomic E-state index is 0.0880. The lowest BCUT2D eigenvalue weighted by molar-refractivity contribution is 0.284. The van der Waals surface area contributed by atoms with Gasteiger partial charge >= 0.3 is 6.56 Å². The molecule has 1 N–H and O–H groups in total. The van der Waals surface area contributed by atoms with Crippen molar-refractivity contribution in [1.82, 2.24) is 0 Å². The van der Waals surface area contributed by atoms with E-state index in [1.54, 1.807) is 0 Å². The topological polar surface area (TPSA) is 54.4 Å². The molecular weight excluding hydrogens is 199 g/mol. The molecule has 1 radical (unpaired) electrons. The molecule has 0 unspecified atom stereocenters. The van der Waals surface area contributed by atoms with E-state index in [4.69, 9.17) is 4.55 Å². The SMILES string of the molecule is CCC(C)(C)CC(C)(C)[B]S(=O)(=O)O. The van der Waals surface area contributed by atoms with Gasteiger partial charge in [0.25, 0.3) is 0 Å². The summed E-state index contributed by atoms with van der Waals surface area (Å²) in [5, 5.41) is -0.493. The van der Waals surface area contributed by atoms with E-state index in [9.17, 15) is 8.42 Å². The summed E-state index contributed by atoms with van der Waals surface area (Å²) in [5.41, 5.74) is 0.0880. The highest BCUT2D eigenvalue weighted by atomic mass is 32.2. The van der Waals surface area contributed by atoms with Crippen LogP contribution in [0.25, 0.3) is 0 Å². The van der Waals surface area contributed by atoms with Gasteiger partial charge in [-0.15, -0.1) is 0 Å². The maximum absolute atomic E-state index is 10.7. The first-order valence-electron chi connectivity index (χ1n) is 4.81. The second-order valence-corrected chi connectivity index (χ2v) is 6.58. The van der Waals surface area contributed by atoms with Crippen molar-refractivity contribution in [2.45, 2.75) is 52.8 Å². The summed E-state index contributed by atoms with van der Waals surface area (Å²) in [4.78, 5) is 0. The Kier molecular flexibility index (Phi) is 4.22. The molecular formula is C9H20BO3S. The van der Waals surface area contributed by atoms with E-state index in [2.05, 4.69) is 20.8 Å². The predicted molar refractivity (Wildman–Crippen MR) is 60.0 cm³/mol. The number of hydrogen-bond donors (Lipinski definition) is 1. The van der Waals surface area contributed by atoms with Gasteiger partial charge in [0.15, 0.2) is 0 Å². The lowest BCUT2D eigenvalue weighted by Gasteiger charge is -2.32. The first-order chi connectivity index (χ1) is 5.97. The van der Waals surface area contributed by atoms with Crippen LogP contribution in [0.5, 0.6) is 0 Å². The van der Waals surface area contributed by atoms with E-state index in [-0.39, 0.29) is 5.41 Å². The van der Waals surface area contributed by atoms with Gasteiger partial charge in [-0.05, 0) is 17.2 Å². The van der Waals surface area contributed by atoms with E-state index < -0.39 is 15.3 Å². The zero-order valence-electron chi connectivity index (χ0n) is 9.66. The minimum Gasteiger partial charge on any atom is -0.295 e. The summed E-state index contributed by atoms with van der Waals surface area (Å²) in [7, 11) is -3.99. The van der Waals surface area contributed by atoms with E-state index in [1.165, 1.54) is 0 Å². The predicted octanol–water partition coefficient (Wildman–Crippen LogP) is 2.52. The third kappa shape index (κ3) is 6.43. The second-order valence-electron chi connectivity index (χ2n) is 5.32. The first-order valence-corrected chi connectivity index (χ1v) is 6.31. The van der Waals surface area contributed by atoms with Crippen molar-refractivity contribution in [2.75, 3.05) is 0 Å². The molecule has 0 bridgehead atoms. The molecule has 0 aromatic rings. The molecule has 0 rings (SSSR count). The Morgan fingerprint density at radius 1 is 1.21 bits per heavy atom. The second kappa shape index (κ2) is 4.23. The van der Waals surface area contributed by atoms with Crippen LogP contribution in [0.15, 0.2) is 0 Å². The van der Waals surface area contributed by atoms with E-state index in [1.807, 2.05) is 13.8 Å². The lowest BCUT2D eigenvalue weighted by Crippen LogP contribution is -2.27. The van der Waals surface area contributed by atoms with Gasteiger partial charge in [0.1, 0.15) is 0 Å². The molecule has 83 valence electrons. The lowest BCUT2D eigenvalue weighted by atomic mass is 9.62. The molecule has 0 aliphatic heterocycles. The van der Waals surface area contributed by atoms with E-state index in [0.29, 0.717) is 0 Å². The van der Waals surface area contributed by atoms with E-state index >= 15 is 0 Å². The molecule has 0 aromatic carbocycles. The van der Waals surface area contributed by atoms with Crippen LogP contribution < -0.4 is 0 Å².